The van der Waals surface area contributed by atoms with Gasteiger partial charge in [0.2, 0.25) is 0 Å². The van der Waals surface area contributed by atoms with E-state index in [2.05, 4.69) is 16.3 Å². The molecule has 0 radical (unpaired) electrons. The second kappa shape index (κ2) is 6.57. The standard InChI is InChI=1S/C13H20N2O2/c16-13(12-4-2-1-3-5-12)14-6-7-15-8-10-17-11-9-15/h2,4-5H,1,3,6-11H2,(H,14,16). The van der Waals surface area contributed by atoms with E-state index in [1.54, 1.807) is 0 Å². The van der Waals surface area contributed by atoms with Crippen LogP contribution >= 0.6 is 0 Å². The summed E-state index contributed by atoms with van der Waals surface area (Å²) >= 11 is 0. The van der Waals surface area contributed by atoms with Gasteiger partial charge in [0.25, 0.3) is 5.91 Å². The summed E-state index contributed by atoms with van der Waals surface area (Å²) in [6.45, 7) is 5.18. The molecule has 0 spiro atoms. The van der Waals surface area contributed by atoms with E-state index < -0.39 is 0 Å². The van der Waals surface area contributed by atoms with Crippen LogP contribution in [0.3, 0.4) is 0 Å². The van der Waals surface area contributed by atoms with Gasteiger partial charge >= 0.3 is 0 Å². The summed E-state index contributed by atoms with van der Waals surface area (Å²) in [5.74, 6) is 0.0502. The first-order valence-corrected chi connectivity index (χ1v) is 6.31. The number of amides is 1. The fourth-order valence-electron chi connectivity index (χ4n) is 2.04. The van der Waals surface area contributed by atoms with Gasteiger partial charge in [-0.25, -0.2) is 0 Å². The number of hydrogen-bond donors (Lipinski definition) is 1. The van der Waals surface area contributed by atoms with Gasteiger partial charge in [-0.1, -0.05) is 18.2 Å². The Balaban J connectivity index is 1.65. The molecule has 0 aromatic carbocycles. The molecule has 0 aromatic rings. The second-order valence-corrected chi connectivity index (χ2v) is 4.35. The molecular formula is C13H20N2O2. The van der Waals surface area contributed by atoms with E-state index in [0.29, 0.717) is 6.54 Å². The zero-order chi connectivity index (χ0) is 11.9. The van der Waals surface area contributed by atoms with Crippen molar-refractivity contribution in [3.63, 3.8) is 0 Å². The Kier molecular flexibility index (Phi) is 4.76. The molecule has 0 aromatic heterocycles. The maximum absolute atomic E-state index is 11.8. The molecule has 1 aliphatic carbocycles. The second-order valence-electron chi connectivity index (χ2n) is 4.35. The Morgan fingerprint density at radius 2 is 2.18 bits per heavy atom. The maximum Gasteiger partial charge on any atom is 0.250 e. The van der Waals surface area contributed by atoms with Gasteiger partial charge in [-0.2, -0.15) is 0 Å². The van der Waals surface area contributed by atoms with E-state index in [-0.39, 0.29) is 5.91 Å². The first-order valence-electron chi connectivity index (χ1n) is 6.31. The average molecular weight is 236 g/mol. The van der Waals surface area contributed by atoms with Crippen molar-refractivity contribution in [2.45, 2.75) is 12.8 Å². The normalized spacial score (nSPS) is 21.1. The van der Waals surface area contributed by atoms with Gasteiger partial charge in [0.05, 0.1) is 13.2 Å². The van der Waals surface area contributed by atoms with Crippen molar-refractivity contribution in [3.05, 3.63) is 23.8 Å². The van der Waals surface area contributed by atoms with E-state index >= 15 is 0 Å². The van der Waals surface area contributed by atoms with E-state index in [1.165, 1.54) is 0 Å². The van der Waals surface area contributed by atoms with Crippen molar-refractivity contribution in [3.8, 4) is 0 Å². The number of morpholine rings is 1. The minimum absolute atomic E-state index is 0.0502. The highest BCUT2D eigenvalue weighted by Crippen LogP contribution is 2.09. The lowest BCUT2D eigenvalue weighted by atomic mass is 10.1. The Morgan fingerprint density at radius 1 is 1.35 bits per heavy atom. The molecule has 1 saturated heterocycles. The zero-order valence-electron chi connectivity index (χ0n) is 10.2. The number of nitrogens with zero attached hydrogens (tertiary/aromatic N) is 1. The minimum atomic E-state index is 0.0502. The Hall–Kier alpha value is -1.13. The molecule has 2 rings (SSSR count). The molecule has 1 N–H and O–H groups in total. The molecule has 0 unspecified atom stereocenters. The number of rotatable bonds is 4. The molecule has 0 bridgehead atoms. The Bertz CT molecular complexity index is 317. The summed E-state index contributed by atoms with van der Waals surface area (Å²) in [4.78, 5) is 14.1. The van der Waals surface area contributed by atoms with Crippen LogP contribution in [0.2, 0.25) is 0 Å². The van der Waals surface area contributed by atoms with Crippen molar-refractivity contribution in [1.29, 1.82) is 0 Å². The van der Waals surface area contributed by atoms with Crippen LogP contribution in [-0.4, -0.2) is 50.2 Å². The fourth-order valence-corrected chi connectivity index (χ4v) is 2.04. The lowest BCUT2D eigenvalue weighted by Crippen LogP contribution is -2.41. The maximum atomic E-state index is 11.8. The molecule has 0 atom stereocenters. The van der Waals surface area contributed by atoms with Gasteiger partial charge in [0, 0.05) is 31.8 Å². The summed E-state index contributed by atoms with van der Waals surface area (Å²) < 4.78 is 5.28. The van der Waals surface area contributed by atoms with Crippen LogP contribution in [-0.2, 0) is 9.53 Å². The lowest BCUT2D eigenvalue weighted by Gasteiger charge is -2.26. The van der Waals surface area contributed by atoms with Crippen molar-refractivity contribution in [2.75, 3.05) is 39.4 Å². The summed E-state index contributed by atoms with van der Waals surface area (Å²) in [6, 6.07) is 0. The van der Waals surface area contributed by atoms with Crippen LogP contribution in [0.5, 0.6) is 0 Å². The van der Waals surface area contributed by atoms with Gasteiger partial charge in [0.1, 0.15) is 0 Å². The fraction of sp³-hybridized carbons (Fsp3) is 0.615. The molecule has 94 valence electrons. The van der Waals surface area contributed by atoms with Crippen LogP contribution in [0.15, 0.2) is 23.8 Å². The number of hydrogen-bond acceptors (Lipinski definition) is 3. The van der Waals surface area contributed by atoms with Gasteiger partial charge < -0.3 is 10.1 Å². The predicted molar refractivity (Wildman–Crippen MR) is 66.7 cm³/mol. The van der Waals surface area contributed by atoms with Crippen molar-refractivity contribution < 1.29 is 9.53 Å². The topological polar surface area (TPSA) is 41.6 Å². The van der Waals surface area contributed by atoms with Crippen molar-refractivity contribution in [1.82, 2.24) is 10.2 Å². The molecule has 1 heterocycles. The monoisotopic (exact) mass is 236 g/mol. The molecular weight excluding hydrogens is 216 g/mol. The highest BCUT2D eigenvalue weighted by Gasteiger charge is 2.11. The van der Waals surface area contributed by atoms with Gasteiger partial charge in [-0.05, 0) is 12.8 Å². The third-order valence-electron chi connectivity index (χ3n) is 3.07. The summed E-state index contributed by atoms with van der Waals surface area (Å²) in [6.07, 6.45) is 7.99. The summed E-state index contributed by atoms with van der Waals surface area (Å²) in [5.41, 5.74) is 0.804. The highest BCUT2D eigenvalue weighted by atomic mass is 16.5. The average Bonchev–Trinajstić information content (AvgIpc) is 2.41. The number of allylic oxidation sites excluding steroid dienone is 2. The summed E-state index contributed by atoms with van der Waals surface area (Å²) in [5, 5.41) is 2.96. The van der Waals surface area contributed by atoms with E-state index in [0.717, 1.165) is 51.3 Å². The SMILES string of the molecule is O=C(NCCN1CCOCC1)C1=CCCC=C1. The van der Waals surface area contributed by atoms with Crippen LogP contribution in [0.1, 0.15) is 12.8 Å². The molecule has 17 heavy (non-hydrogen) atoms. The highest BCUT2D eigenvalue weighted by molar-refractivity contribution is 5.96. The largest absolute Gasteiger partial charge is 0.379 e. The molecule has 0 saturated carbocycles. The van der Waals surface area contributed by atoms with E-state index in [1.807, 2.05) is 12.2 Å². The van der Waals surface area contributed by atoms with Crippen molar-refractivity contribution in [2.24, 2.45) is 0 Å². The molecule has 1 aliphatic heterocycles. The Morgan fingerprint density at radius 3 is 2.88 bits per heavy atom. The Labute approximate surface area is 102 Å². The first-order chi connectivity index (χ1) is 8.36. The lowest BCUT2D eigenvalue weighted by molar-refractivity contribution is -0.117. The third-order valence-corrected chi connectivity index (χ3v) is 3.07. The predicted octanol–water partition coefficient (Wildman–Crippen LogP) is 0.711. The minimum Gasteiger partial charge on any atom is -0.379 e. The molecule has 1 fully saturated rings. The summed E-state index contributed by atoms with van der Waals surface area (Å²) in [7, 11) is 0. The van der Waals surface area contributed by atoms with Crippen LogP contribution in [0.25, 0.3) is 0 Å². The van der Waals surface area contributed by atoms with Gasteiger partial charge in [0.15, 0.2) is 0 Å². The van der Waals surface area contributed by atoms with Crippen LogP contribution < -0.4 is 5.32 Å². The van der Waals surface area contributed by atoms with Crippen molar-refractivity contribution >= 4 is 5.91 Å². The molecule has 2 aliphatic rings. The van der Waals surface area contributed by atoms with Crippen LogP contribution in [0.4, 0.5) is 0 Å². The number of carbonyl (C=O) groups is 1. The molecule has 4 heteroatoms. The number of carbonyl (C=O) groups excluding carboxylic acids is 1. The number of nitrogens with one attached hydrogen (secondary N) is 1. The van der Waals surface area contributed by atoms with Gasteiger partial charge in [-0.3, -0.25) is 9.69 Å². The van der Waals surface area contributed by atoms with E-state index in [4.69, 9.17) is 4.74 Å². The molecule has 1 amide bonds. The smallest absolute Gasteiger partial charge is 0.250 e. The first kappa shape index (κ1) is 12.3. The molecule has 4 nitrogen and oxygen atoms in total. The third kappa shape index (κ3) is 3.98. The van der Waals surface area contributed by atoms with E-state index in [9.17, 15) is 4.79 Å². The number of ether oxygens (including phenoxy) is 1. The van der Waals surface area contributed by atoms with Gasteiger partial charge in [-0.15, -0.1) is 0 Å². The zero-order valence-corrected chi connectivity index (χ0v) is 10.2. The van der Waals surface area contributed by atoms with Crippen LogP contribution in [0, 0.1) is 0 Å². The quantitative estimate of drug-likeness (QED) is 0.781.